The number of ether oxygens (including phenoxy) is 2. The maximum absolute atomic E-state index is 11.8. The third-order valence-corrected chi connectivity index (χ3v) is 4.56. The van der Waals surface area contributed by atoms with Crippen LogP contribution in [0.1, 0.15) is 53.4 Å². The van der Waals surface area contributed by atoms with E-state index < -0.39 is 47.9 Å². The summed E-state index contributed by atoms with van der Waals surface area (Å²) >= 11 is 0. The van der Waals surface area contributed by atoms with Crippen LogP contribution in [0, 0.1) is 11.8 Å². The summed E-state index contributed by atoms with van der Waals surface area (Å²) < 4.78 is 10.8. The van der Waals surface area contributed by atoms with E-state index in [1.807, 2.05) is 12.2 Å². The zero-order valence-electron chi connectivity index (χ0n) is 15.5. The van der Waals surface area contributed by atoms with Crippen LogP contribution < -0.4 is 0 Å². The molecule has 26 heavy (non-hydrogen) atoms. The molecule has 1 rings (SSSR count). The highest BCUT2D eigenvalue weighted by molar-refractivity contribution is 5.90. The number of carbonyl (C=O) groups is 4. The van der Waals surface area contributed by atoms with Crippen LogP contribution in [0.15, 0.2) is 12.2 Å². The Morgan fingerprint density at radius 2 is 1.12 bits per heavy atom. The lowest BCUT2D eigenvalue weighted by Crippen LogP contribution is -2.50. The molecule has 1 aliphatic rings. The minimum Gasteiger partial charge on any atom is -0.481 e. The molecule has 8 heteroatoms. The highest BCUT2D eigenvalue weighted by Gasteiger charge is 2.47. The van der Waals surface area contributed by atoms with Gasteiger partial charge in [0.15, 0.2) is 0 Å². The smallest absolute Gasteiger partial charge is 0.317 e. The van der Waals surface area contributed by atoms with Gasteiger partial charge in [-0.2, -0.15) is 0 Å². The molecule has 2 unspecified atom stereocenters. The molecule has 0 aliphatic heterocycles. The molecule has 0 radical (unpaired) electrons. The Morgan fingerprint density at radius 1 is 0.808 bits per heavy atom. The van der Waals surface area contributed by atoms with Crippen molar-refractivity contribution in [1.29, 1.82) is 0 Å². The predicted molar refractivity (Wildman–Crippen MR) is 90.2 cm³/mol. The zero-order chi connectivity index (χ0) is 20.1. The summed E-state index contributed by atoms with van der Waals surface area (Å²) in [5, 5.41) is 17.5. The molecule has 0 aromatic carbocycles. The molecule has 1 aliphatic carbocycles. The van der Waals surface area contributed by atoms with Gasteiger partial charge in [0.05, 0.1) is 0 Å². The molecule has 0 amide bonds. The summed E-state index contributed by atoms with van der Waals surface area (Å²) in [6, 6.07) is 0. The van der Waals surface area contributed by atoms with Gasteiger partial charge < -0.3 is 19.7 Å². The number of allylic oxidation sites excluding steroid dienone is 2. The van der Waals surface area contributed by atoms with Crippen molar-refractivity contribution in [3.8, 4) is 0 Å². The summed E-state index contributed by atoms with van der Waals surface area (Å²) in [5.74, 6) is -4.69. The average molecular weight is 370 g/mol. The Morgan fingerprint density at radius 3 is 1.38 bits per heavy atom. The normalized spacial score (nSPS) is 20.3. The third kappa shape index (κ3) is 6.16. The van der Waals surface area contributed by atoms with Crippen LogP contribution in [-0.4, -0.2) is 45.3 Å². The molecule has 0 aromatic rings. The van der Waals surface area contributed by atoms with Gasteiger partial charge in [-0.15, -0.1) is 0 Å². The third-order valence-electron chi connectivity index (χ3n) is 4.56. The van der Waals surface area contributed by atoms with E-state index in [-0.39, 0.29) is 11.8 Å². The average Bonchev–Trinajstić information content (AvgIpc) is 2.44. The van der Waals surface area contributed by atoms with E-state index in [4.69, 9.17) is 19.7 Å². The summed E-state index contributed by atoms with van der Waals surface area (Å²) in [6.07, 6.45) is 3.52. The van der Waals surface area contributed by atoms with Crippen LogP contribution >= 0.6 is 0 Å². The second-order valence-electron chi connectivity index (χ2n) is 7.45. The quantitative estimate of drug-likeness (QED) is 0.378. The fourth-order valence-corrected chi connectivity index (χ4v) is 3.41. The van der Waals surface area contributed by atoms with Crippen LogP contribution in [0.25, 0.3) is 0 Å². The molecular weight excluding hydrogens is 344 g/mol. The number of hydrogen-bond donors (Lipinski definition) is 2. The van der Waals surface area contributed by atoms with Gasteiger partial charge in [-0.25, -0.2) is 0 Å². The van der Waals surface area contributed by atoms with Gasteiger partial charge >= 0.3 is 23.9 Å². The van der Waals surface area contributed by atoms with Gasteiger partial charge in [-0.05, 0) is 40.5 Å². The Labute approximate surface area is 152 Å². The van der Waals surface area contributed by atoms with Crippen LogP contribution in [0.3, 0.4) is 0 Å². The predicted octanol–water partition coefficient (Wildman–Crippen LogP) is 2.16. The molecule has 0 aromatic heterocycles. The molecule has 146 valence electrons. The number of carboxylic acid groups (broad SMARTS) is 2. The fraction of sp³-hybridized carbons (Fsp3) is 0.667. The van der Waals surface area contributed by atoms with E-state index in [9.17, 15) is 19.2 Å². The maximum atomic E-state index is 11.8. The number of esters is 2. The Bertz CT molecular complexity index is 550. The number of carboxylic acids is 2. The van der Waals surface area contributed by atoms with Gasteiger partial charge in [0, 0.05) is 11.8 Å². The van der Waals surface area contributed by atoms with E-state index in [1.54, 1.807) is 27.7 Å². The standard InChI is InChI=1S/C18H26O8/c1-17(2,25-15(23)9-13(19)20)11-7-5-6-8-12(11)18(3,4)26-16(24)10-14(21)22/h5-6,11-12H,7-10H2,1-4H3,(H,19,20)(H,21,22). The van der Waals surface area contributed by atoms with E-state index in [1.165, 1.54) is 0 Å². The highest BCUT2D eigenvalue weighted by atomic mass is 16.6. The van der Waals surface area contributed by atoms with Crippen LogP contribution in [0.5, 0.6) is 0 Å². The molecule has 2 atom stereocenters. The summed E-state index contributed by atoms with van der Waals surface area (Å²) in [7, 11) is 0. The Balaban J connectivity index is 2.96. The van der Waals surface area contributed by atoms with Crippen molar-refractivity contribution in [2.45, 2.75) is 64.6 Å². The summed E-state index contributed by atoms with van der Waals surface area (Å²) in [5.41, 5.74) is -1.98. The second kappa shape index (κ2) is 8.33. The van der Waals surface area contributed by atoms with Gasteiger partial charge in [-0.3, -0.25) is 19.2 Å². The Kier molecular flexibility index (Phi) is 6.94. The van der Waals surface area contributed by atoms with Gasteiger partial charge in [0.25, 0.3) is 0 Å². The first-order valence-electron chi connectivity index (χ1n) is 8.37. The molecule has 0 spiro atoms. The van der Waals surface area contributed by atoms with Crippen molar-refractivity contribution in [3.05, 3.63) is 12.2 Å². The fourth-order valence-electron chi connectivity index (χ4n) is 3.41. The molecule has 0 saturated carbocycles. The number of hydrogen-bond acceptors (Lipinski definition) is 6. The minimum absolute atomic E-state index is 0.238. The highest BCUT2D eigenvalue weighted by Crippen LogP contribution is 2.43. The van der Waals surface area contributed by atoms with Crippen LogP contribution in [0.2, 0.25) is 0 Å². The molecule has 0 bridgehead atoms. The van der Waals surface area contributed by atoms with Crippen molar-refractivity contribution in [1.82, 2.24) is 0 Å². The number of rotatable bonds is 8. The van der Waals surface area contributed by atoms with Crippen LogP contribution in [0.4, 0.5) is 0 Å². The lowest BCUT2D eigenvalue weighted by atomic mass is 9.67. The molecule has 2 N–H and O–H groups in total. The summed E-state index contributed by atoms with van der Waals surface area (Å²) in [6.45, 7) is 6.77. The first-order valence-corrected chi connectivity index (χ1v) is 8.37. The van der Waals surface area contributed by atoms with Crippen molar-refractivity contribution >= 4 is 23.9 Å². The molecule has 0 saturated heterocycles. The molecule has 0 fully saturated rings. The van der Waals surface area contributed by atoms with Gasteiger partial charge in [-0.1, -0.05) is 12.2 Å². The van der Waals surface area contributed by atoms with E-state index in [2.05, 4.69) is 0 Å². The minimum atomic E-state index is -1.27. The van der Waals surface area contributed by atoms with Crippen molar-refractivity contribution in [2.24, 2.45) is 11.8 Å². The first-order chi connectivity index (χ1) is 11.8. The molecular formula is C18H26O8. The largest absolute Gasteiger partial charge is 0.481 e. The SMILES string of the molecule is CC(C)(OC(=O)CC(=O)O)C1CC=CCC1C(C)(C)OC(=O)CC(=O)O. The van der Waals surface area contributed by atoms with E-state index >= 15 is 0 Å². The van der Waals surface area contributed by atoms with Crippen molar-refractivity contribution in [3.63, 3.8) is 0 Å². The Hall–Kier alpha value is -2.38. The van der Waals surface area contributed by atoms with Gasteiger partial charge in [0.1, 0.15) is 24.0 Å². The number of aliphatic carboxylic acids is 2. The van der Waals surface area contributed by atoms with E-state index in [0.29, 0.717) is 12.8 Å². The summed E-state index contributed by atoms with van der Waals surface area (Å²) in [4.78, 5) is 45.0. The lowest BCUT2D eigenvalue weighted by Gasteiger charge is -2.46. The van der Waals surface area contributed by atoms with E-state index in [0.717, 1.165) is 0 Å². The topological polar surface area (TPSA) is 127 Å². The lowest BCUT2D eigenvalue weighted by molar-refractivity contribution is -0.182. The van der Waals surface area contributed by atoms with Crippen molar-refractivity contribution in [2.75, 3.05) is 0 Å². The van der Waals surface area contributed by atoms with Gasteiger partial charge in [0.2, 0.25) is 0 Å². The van der Waals surface area contributed by atoms with Crippen molar-refractivity contribution < 1.29 is 38.9 Å². The number of carbonyl (C=O) groups excluding carboxylic acids is 2. The second-order valence-corrected chi connectivity index (χ2v) is 7.45. The zero-order valence-corrected chi connectivity index (χ0v) is 15.5. The monoisotopic (exact) mass is 370 g/mol. The maximum Gasteiger partial charge on any atom is 0.317 e. The molecule has 8 nitrogen and oxygen atoms in total. The molecule has 0 heterocycles. The first kappa shape index (κ1) is 21.7. The van der Waals surface area contributed by atoms with Crippen LogP contribution in [-0.2, 0) is 28.7 Å².